The van der Waals surface area contributed by atoms with E-state index in [1.54, 1.807) is 19.9 Å². The number of pyridine rings is 1. The Hall–Kier alpha value is -4.38. The molecule has 0 saturated heterocycles. The summed E-state index contributed by atoms with van der Waals surface area (Å²) in [6.45, 7) is 3.47. The number of nitrogens with zero attached hydrogens (tertiary/aromatic N) is 4. The quantitative estimate of drug-likeness (QED) is 0.252. The lowest BCUT2D eigenvalue weighted by Gasteiger charge is -2.09. The number of benzene rings is 1. The van der Waals surface area contributed by atoms with E-state index < -0.39 is 15.8 Å². The minimum atomic E-state index is -3.99. The second-order valence-corrected chi connectivity index (χ2v) is 11.8. The van der Waals surface area contributed by atoms with E-state index in [2.05, 4.69) is 25.7 Å². The highest BCUT2D eigenvalue weighted by Crippen LogP contribution is 2.43. The molecule has 0 atom stereocenters. The molecule has 0 aliphatic carbocycles. The molecule has 0 aliphatic heterocycles. The van der Waals surface area contributed by atoms with Gasteiger partial charge in [0.15, 0.2) is 0 Å². The van der Waals surface area contributed by atoms with Crippen LogP contribution in [0.25, 0.3) is 21.3 Å². The molecule has 0 unspecified atom stereocenters. The molecule has 10 nitrogen and oxygen atoms in total. The fraction of sp³-hybridized carbons (Fsp3) is 0.0800. The minimum absolute atomic E-state index is 0.0364. The van der Waals surface area contributed by atoms with E-state index in [1.807, 2.05) is 16.8 Å². The number of carbonyl (C=O) groups is 1. The van der Waals surface area contributed by atoms with Gasteiger partial charge in [-0.05, 0) is 66.6 Å². The van der Waals surface area contributed by atoms with Gasteiger partial charge in [0.2, 0.25) is 11.7 Å². The van der Waals surface area contributed by atoms with Gasteiger partial charge in [0.1, 0.15) is 27.2 Å². The number of nitrogens with two attached hydrogens (primary N) is 2. The zero-order valence-corrected chi connectivity index (χ0v) is 22.5. The first-order valence-corrected chi connectivity index (χ1v) is 14.3. The molecule has 0 saturated carbocycles. The molecular formula is C25H19N7O3S3. The lowest BCUT2D eigenvalue weighted by atomic mass is 9.99. The summed E-state index contributed by atoms with van der Waals surface area (Å²) < 4.78 is 28.1. The molecule has 38 heavy (non-hydrogen) atoms. The second-order valence-electron chi connectivity index (χ2n) is 8.33. The van der Waals surface area contributed by atoms with E-state index in [4.69, 9.17) is 11.5 Å². The van der Waals surface area contributed by atoms with Crippen LogP contribution in [0.15, 0.2) is 52.1 Å². The number of aromatic nitrogens is 3. The van der Waals surface area contributed by atoms with Crippen LogP contribution in [0.4, 0.5) is 17.5 Å². The van der Waals surface area contributed by atoms with Crippen molar-refractivity contribution in [2.75, 3.05) is 16.2 Å². The topological polar surface area (TPSA) is 178 Å². The van der Waals surface area contributed by atoms with Crippen molar-refractivity contribution in [2.45, 2.75) is 18.7 Å². The molecule has 4 heterocycles. The molecule has 5 rings (SSSR count). The number of sulfonamides is 1. The van der Waals surface area contributed by atoms with Gasteiger partial charge in [0, 0.05) is 27.9 Å². The number of hydrogen-bond acceptors (Lipinski definition) is 11. The number of fused-ring (bicyclic) bond motifs is 1. The van der Waals surface area contributed by atoms with Crippen molar-refractivity contribution in [3.8, 4) is 17.2 Å². The van der Waals surface area contributed by atoms with Crippen LogP contribution in [0, 0.1) is 25.2 Å². The Kier molecular flexibility index (Phi) is 6.31. The maximum atomic E-state index is 13.4. The number of aryl methyl sites for hydroxylation is 2. The molecule has 1 aromatic carbocycles. The van der Waals surface area contributed by atoms with Gasteiger partial charge >= 0.3 is 0 Å². The summed E-state index contributed by atoms with van der Waals surface area (Å²) in [6, 6.07) is 11.1. The van der Waals surface area contributed by atoms with Crippen molar-refractivity contribution in [3.05, 3.63) is 74.6 Å². The number of nitrogen functional groups attached to an aromatic ring is 2. The van der Waals surface area contributed by atoms with Gasteiger partial charge in [0.05, 0.1) is 10.6 Å². The van der Waals surface area contributed by atoms with Crippen LogP contribution in [-0.4, -0.2) is 29.2 Å². The SMILES string of the molecule is Cc1cc(C)nc(NS(=O)(=O)c2ccc(C(=O)c3sc4nc(N)c(C#N)c(-c5ccsc5)c4c3N)cc2)n1. The lowest BCUT2D eigenvalue weighted by Crippen LogP contribution is -2.16. The average Bonchev–Trinajstić information content (AvgIpc) is 3.50. The molecule has 0 bridgehead atoms. The summed E-state index contributed by atoms with van der Waals surface area (Å²) in [5.74, 6) is -0.393. The number of nitriles is 1. The monoisotopic (exact) mass is 561 g/mol. The van der Waals surface area contributed by atoms with E-state index in [-0.39, 0.29) is 38.4 Å². The summed E-state index contributed by atoms with van der Waals surface area (Å²) in [5.41, 5.74) is 15.6. The Morgan fingerprint density at radius 3 is 2.34 bits per heavy atom. The molecule has 5 N–H and O–H groups in total. The molecule has 0 radical (unpaired) electrons. The summed E-state index contributed by atoms with van der Waals surface area (Å²) in [5, 5.41) is 13.9. The molecule has 0 amide bonds. The molecule has 0 aliphatic rings. The summed E-state index contributed by atoms with van der Waals surface area (Å²) >= 11 is 2.52. The maximum Gasteiger partial charge on any atom is 0.264 e. The first-order chi connectivity index (χ1) is 18.1. The van der Waals surface area contributed by atoms with Crippen molar-refractivity contribution in [2.24, 2.45) is 0 Å². The molecule has 190 valence electrons. The number of carbonyl (C=O) groups excluding carboxylic acids is 1. The largest absolute Gasteiger partial charge is 0.397 e. The molecule has 13 heteroatoms. The normalized spacial score (nSPS) is 11.4. The first kappa shape index (κ1) is 25.3. The predicted octanol–water partition coefficient (Wildman–Crippen LogP) is 4.50. The van der Waals surface area contributed by atoms with Gasteiger partial charge in [-0.3, -0.25) is 4.79 Å². The Morgan fingerprint density at radius 1 is 1.05 bits per heavy atom. The van der Waals surface area contributed by atoms with E-state index in [1.165, 1.54) is 35.6 Å². The van der Waals surface area contributed by atoms with Gasteiger partial charge in [0.25, 0.3) is 10.0 Å². The Bertz CT molecular complexity index is 1850. The second kappa shape index (κ2) is 9.49. The van der Waals surface area contributed by atoms with Crippen LogP contribution < -0.4 is 16.2 Å². The standard InChI is InChI=1S/C25H19N7O3S3/c1-12-9-13(2)30-25(29-12)32-38(34,35)16-5-3-14(4-6-16)21(33)22-20(27)19-18(15-7-8-36-11-15)17(10-26)23(28)31-24(19)37-22/h3-9,11H,27H2,1-2H3,(H2,28,31)(H,29,30,32). The summed E-state index contributed by atoms with van der Waals surface area (Å²) in [7, 11) is -3.99. The van der Waals surface area contributed by atoms with E-state index in [0.717, 1.165) is 16.9 Å². The number of thiophene rings is 2. The fourth-order valence-corrected chi connectivity index (χ4v) is 6.68. The van der Waals surface area contributed by atoms with Crippen LogP contribution in [0.3, 0.4) is 0 Å². The third-order valence-electron chi connectivity index (χ3n) is 5.67. The molecule has 0 fully saturated rings. The number of nitrogens with one attached hydrogen (secondary N) is 1. The third kappa shape index (κ3) is 4.45. The number of ketones is 1. The number of hydrogen-bond donors (Lipinski definition) is 3. The van der Waals surface area contributed by atoms with Crippen molar-refractivity contribution in [3.63, 3.8) is 0 Å². The Labute approximate surface area is 225 Å². The Balaban J connectivity index is 1.51. The summed E-state index contributed by atoms with van der Waals surface area (Å²) in [4.78, 5) is 26.5. The third-order valence-corrected chi connectivity index (χ3v) is 8.79. The van der Waals surface area contributed by atoms with Crippen LogP contribution in [-0.2, 0) is 10.0 Å². The molecule has 5 aromatic rings. The van der Waals surface area contributed by atoms with Crippen LogP contribution in [0.2, 0.25) is 0 Å². The average molecular weight is 562 g/mol. The van der Waals surface area contributed by atoms with Gasteiger partial charge in [-0.1, -0.05) is 0 Å². The van der Waals surface area contributed by atoms with Gasteiger partial charge in [-0.25, -0.2) is 28.1 Å². The number of rotatable bonds is 6. The Morgan fingerprint density at radius 2 is 1.74 bits per heavy atom. The smallest absolute Gasteiger partial charge is 0.264 e. The maximum absolute atomic E-state index is 13.4. The number of anilines is 3. The predicted molar refractivity (Wildman–Crippen MR) is 149 cm³/mol. The van der Waals surface area contributed by atoms with Crippen LogP contribution in [0.1, 0.15) is 32.2 Å². The highest BCUT2D eigenvalue weighted by atomic mass is 32.2. The molecule has 0 spiro atoms. The van der Waals surface area contributed by atoms with E-state index >= 15 is 0 Å². The highest BCUT2D eigenvalue weighted by Gasteiger charge is 2.25. The van der Waals surface area contributed by atoms with Gasteiger partial charge in [-0.15, -0.1) is 11.3 Å². The van der Waals surface area contributed by atoms with Crippen molar-refractivity contribution in [1.29, 1.82) is 5.26 Å². The molecule has 4 aromatic heterocycles. The minimum Gasteiger partial charge on any atom is -0.397 e. The van der Waals surface area contributed by atoms with Crippen LogP contribution >= 0.6 is 22.7 Å². The fourth-order valence-electron chi connectivity index (χ4n) is 4.01. The van der Waals surface area contributed by atoms with Gasteiger partial charge < -0.3 is 11.5 Å². The zero-order chi connectivity index (χ0) is 27.2. The highest BCUT2D eigenvalue weighted by molar-refractivity contribution is 7.92. The molecular weight excluding hydrogens is 543 g/mol. The first-order valence-electron chi connectivity index (χ1n) is 11.0. The van der Waals surface area contributed by atoms with Crippen LogP contribution in [0.5, 0.6) is 0 Å². The zero-order valence-electron chi connectivity index (χ0n) is 20.0. The van der Waals surface area contributed by atoms with Gasteiger partial charge in [-0.2, -0.15) is 16.6 Å². The summed E-state index contributed by atoms with van der Waals surface area (Å²) in [6.07, 6.45) is 0. The van der Waals surface area contributed by atoms with Crippen molar-refractivity contribution < 1.29 is 13.2 Å². The van der Waals surface area contributed by atoms with E-state index in [9.17, 15) is 18.5 Å². The van der Waals surface area contributed by atoms with Crippen molar-refractivity contribution in [1.82, 2.24) is 15.0 Å². The van der Waals surface area contributed by atoms with E-state index in [0.29, 0.717) is 27.2 Å². The lowest BCUT2D eigenvalue weighted by molar-refractivity contribution is 0.104. The van der Waals surface area contributed by atoms with Crippen molar-refractivity contribution >= 4 is 66.2 Å².